The van der Waals surface area contributed by atoms with Gasteiger partial charge in [-0.05, 0) is 19.3 Å². The fraction of sp³-hybridized carbons (Fsp3) is 0.778. The summed E-state index contributed by atoms with van der Waals surface area (Å²) >= 11 is 0. The third kappa shape index (κ3) is 4.16. The Morgan fingerprint density at radius 2 is 2.13 bits per heavy atom. The molecule has 0 aromatic carbocycles. The maximum Gasteiger partial charge on any atom is 0.223 e. The van der Waals surface area contributed by atoms with Crippen LogP contribution >= 0.6 is 0 Å². The molecule has 1 saturated carbocycles. The van der Waals surface area contributed by atoms with Crippen molar-refractivity contribution >= 4 is 11.9 Å². The van der Waals surface area contributed by atoms with E-state index in [1.54, 1.807) is 0 Å². The smallest absolute Gasteiger partial charge is 0.223 e. The molecule has 6 nitrogen and oxygen atoms in total. The molecular weight excluding hydrogens is 194 g/mol. The minimum absolute atomic E-state index is 0.0483. The quantitative estimate of drug-likeness (QED) is 0.258. The summed E-state index contributed by atoms with van der Waals surface area (Å²) in [6, 6.07) is 0.179. The zero-order chi connectivity index (χ0) is 11.3. The summed E-state index contributed by atoms with van der Waals surface area (Å²) in [5, 5.41) is 2.79. The number of nitrogens with zero attached hydrogens (tertiary/aromatic N) is 1. The van der Waals surface area contributed by atoms with E-state index in [2.05, 4.69) is 10.3 Å². The molecule has 2 unspecified atom stereocenters. The van der Waals surface area contributed by atoms with E-state index < -0.39 is 0 Å². The first-order chi connectivity index (χ1) is 7.09. The Balaban J connectivity index is 2.16. The minimum atomic E-state index is 0.0483. The van der Waals surface area contributed by atoms with Crippen LogP contribution in [0.3, 0.4) is 0 Å². The summed E-state index contributed by atoms with van der Waals surface area (Å²) in [7, 11) is 0. The molecule has 1 aliphatic rings. The molecule has 0 radical (unpaired) electrons. The van der Waals surface area contributed by atoms with Crippen molar-refractivity contribution < 1.29 is 4.79 Å². The first-order valence-corrected chi connectivity index (χ1v) is 5.18. The molecule has 1 aliphatic carbocycles. The van der Waals surface area contributed by atoms with E-state index >= 15 is 0 Å². The van der Waals surface area contributed by atoms with Crippen molar-refractivity contribution in [2.75, 3.05) is 13.1 Å². The van der Waals surface area contributed by atoms with Crippen LogP contribution in [-0.2, 0) is 4.79 Å². The second-order valence-electron chi connectivity index (χ2n) is 3.87. The van der Waals surface area contributed by atoms with Crippen LogP contribution in [0.5, 0.6) is 0 Å². The molecule has 0 saturated heterocycles. The SMILES string of the molecule is NC(N)=NCCNC(=O)C1CCC(N)C1. The monoisotopic (exact) mass is 213 g/mol. The van der Waals surface area contributed by atoms with Gasteiger partial charge < -0.3 is 22.5 Å². The van der Waals surface area contributed by atoms with E-state index in [1.807, 2.05) is 0 Å². The number of carbonyl (C=O) groups excluding carboxylic acids is 1. The highest BCUT2D eigenvalue weighted by atomic mass is 16.1. The Bertz CT molecular complexity index is 249. The van der Waals surface area contributed by atoms with E-state index in [0.717, 1.165) is 19.3 Å². The van der Waals surface area contributed by atoms with Crippen LogP contribution in [-0.4, -0.2) is 31.0 Å². The Morgan fingerprint density at radius 1 is 1.40 bits per heavy atom. The predicted octanol–water partition coefficient (Wildman–Crippen LogP) is -1.50. The highest BCUT2D eigenvalue weighted by Crippen LogP contribution is 2.23. The van der Waals surface area contributed by atoms with E-state index in [9.17, 15) is 4.79 Å². The number of guanidine groups is 1. The largest absolute Gasteiger partial charge is 0.370 e. The first-order valence-electron chi connectivity index (χ1n) is 5.18. The lowest BCUT2D eigenvalue weighted by molar-refractivity contribution is -0.124. The number of hydrogen-bond donors (Lipinski definition) is 4. The average Bonchev–Trinajstić information content (AvgIpc) is 2.59. The third-order valence-corrected chi connectivity index (χ3v) is 2.55. The predicted molar refractivity (Wildman–Crippen MR) is 59.0 cm³/mol. The van der Waals surface area contributed by atoms with Crippen LogP contribution in [0.2, 0.25) is 0 Å². The van der Waals surface area contributed by atoms with Gasteiger partial charge in [-0.1, -0.05) is 0 Å². The molecule has 86 valence electrons. The Labute approximate surface area is 89.3 Å². The van der Waals surface area contributed by atoms with Crippen molar-refractivity contribution in [2.24, 2.45) is 28.1 Å². The zero-order valence-electron chi connectivity index (χ0n) is 8.78. The minimum Gasteiger partial charge on any atom is -0.370 e. The Morgan fingerprint density at radius 3 is 2.67 bits per heavy atom. The standard InChI is InChI=1S/C9H19N5O/c10-7-2-1-6(5-7)8(15)13-3-4-14-9(11)12/h6-7H,1-5,10H2,(H,13,15)(H4,11,12,14). The molecule has 0 bridgehead atoms. The van der Waals surface area contributed by atoms with Crippen LogP contribution in [0.25, 0.3) is 0 Å². The van der Waals surface area contributed by atoms with Gasteiger partial charge in [-0.15, -0.1) is 0 Å². The maximum atomic E-state index is 11.6. The van der Waals surface area contributed by atoms with Crippen LogP contribution in [0.4, 0.5) is 0 Å². The first kappa shape index (κ1) is 11.8. The van der Waals surface area contributed by atoms with Crippen molar-refractivity contribution in [3.63, 3.8) is 0 Å². The summed E-state index contributed by atoms with van der Waals surface area (Å²) < 4.78 is 0. The van der Waals surface area contributed by atoms with Gasteiger partial charge in [-0.25, -0.2) is 0 Å². The molecule has 0 aliphatic heterocycles. The second-order valence-corrected chi connectivity index (χ2v) is 3.87. The van der Waals surface area contributed by atoms with Gasteiger partial charge in [-0.3, -0.25) is 9.79 Å². The highest BCUT2D eigenvalue weighted by molar-refractivity contribution is 5.79. The van der Waals surface area contributed by atoms with Gasteiger partial charge in [0, 0.05) is 18.5 Å². The van der Waals surface area contributed by atoms with Crippen molar-refractivity contribution in [3.8, 4) is 0 Å². The zero-order valence-corrected chi connectivity index (χ0v) is 8.78. The van der Waals surface area contributed by atoms with Crippen molar-refractivity contribution in [2.45, 2.75) is 25.3 Å². The average molecular weight is 213 g/mol. The summed E-state index contributed by atoms with van der Waals surface area (Å²) in [6.45, 7) is 0.898. The Kier molecular flexibility index (Phi) is 4.36. The van der Waals surface area contributed by atoms with Crippen molar-refractivity contribution in [1.29, 1.82) is 0 Å². The molecular formula is C9H19N5O. The number of carbonyl (C=O) groups is 1. The lowest BCUT2D eigenvalue weighted by atomic mass is 10.1. The Hall–Kier alpha value is -1.30. The molecule has 6 heteroatoms. The number of nitrogens with one attached hydrogen (secondary N) is 1. The molecule has 7 N–H and O–H groups in total. The third-order valence-electron chi connectivity index (χ3n) is 2.55. The molecule has 1 rings (SSSR count). The molecule has 0 heterocycles. The van der Waals surface area contributed by atoms with Crippen LogP contribution < -0.4 is 22.5 Å². The number of aliphatic imine (C=N–C) groups is 1. The molecule has 1 fully saturated rings. The van der Waals surface area contributed by atoms with Gasteiger partial charge in [0.15, 0.2) is 5.96 Å². The van der Waals surface area contributed by atoms with E-state index in [1.165, 1.54) is 0 Å². The fourth-order valence-electron chi connectivity index (χ4n) is 1.76. The van der Waals surface area contributed by atoms with Gasteiger partial charge in [0.25, 0.3) is 0 Å². The number of nitrogens with two attached hydrogens (primary N) is 3. The van der Waals surface area contributed by atoms with E-state index in [-0.39, 0.29) is 23.8 Å². The number of hydrogen-bond acceptors (Lipinski definition) is 3. The van der Waals surface area contributed by atoms with Crippen LogP contribution in [0.1, 0.15) is 19.3 Å². The fourth-order valence-corrected chi connectivity index (χ4v) is 1.76. The molecule has 1 amide bonds. The van der Waals surface area contributed by atoms with Gasteiger partial charge in [0.05, 0.1) is 6.54 Å². The molecule has 15 heavy (non-hydrogen) atoms. The van der Waals surface area contributed by atoms with E-state index in [0.29, 0.717) is 13.1 Å². The maximum absolute atomic E-state index is 11.6. The summed E-state index contributed by atoms with van der Waals surface area (Å²) in [5.74, 6) is 0.181. The van der Waals surface area contributed by atoms with Crippen LogP contribution in [0.15, 0.2) is 4.99 Å². The van der Waals surface area contributed by atoms with Gasteiger partial charge in [-0.2, -0.15) is 0 Å². The van der Waals surface area contributed by atoms with Gasteiger partial charge >= 0.3 is 0 Å². The van der Waals surface area contributed by atoms with Gasteiger partial charge in [0.2, 0.25) is 5.91 Å². The molecule has 2 atom stereocenters. The summed E-state index contributed by atoms with van der Waals surface area (Å²) in [5.41, 5.74) is 16.0. The number of amides is 1. The lowest BCUT2D eigenvalue weighted by Gasteiger charge is -2.09. The van der Waals surface area contributed by atoms with E-state index in [4.69, 9.17) is 17.2 Å². The number of rotatable bonds is 4. The molecule has 0 spiro atoms. The van der Waals surface area contributed by atoms with Crippen molar-refractivity contribution in [3.05, 3.63) is 0 Å². The molecule has 0 aromatic heterocycles. The lowest BCUT2D eigenvalue weighted by Crippen LogP contribution is -2.33. The molecule has 0 aromatic rings. The second kappa shape index (κ2) is 5.55. The van der Waals surface area contributed by atoms with Crippen LogP contribution in [0, 0.1) is 5.92 Å². The van der Waals surface area contributed by atoms with Gasteiger partial charge in [0.1, 0.15) is 0 Å². The highest BCUT2D eigenvalue weighted by Gasteiger charge is 2.27. The normalized spacial score (nSPS) is 24.9. The summed E-state index contributed by atoms with van der Waals surface area (Å²) in [6.07, 6.45) is 2.61. The van der Waals surface area contributed by atoms with Crippen molar-refractivity contribution in [1.82, 2.24) is 5.32 Å². The summed E-state index contributed by atoms with van der Waals surface area (Å²) in [4.78, 5) is 15.3. The topological polar surface area (TPSA) is 120 Å².